The molecule has 1 atom stereocenters. The third-order valence-electron chi connectivity index (χ3n) is 4.52. The van der Waals surface area contributed by atoms with Gasteiger partial charge in [-0.1, -0.05) is 44.2 Å². The average Bonchev–Trinajstić information content (AvgIpc) is 2.59. The first-order valence-electron chi connectivity index (χ1n) is 8.28. The highest BCUT2D eigenvalue weighted by Gasteiger charge is 2.32. The molecule has 2 amide bonds. The normalized spacial score (nSPS) is 18.4. The van der Waals surface area contributed by atoms with Gasteiger partial charge in [-0.3, -0.25) is 0 Å². The molecule has 0 radical (unpaired) electrons. The molecule has 128 valence electrons. The van der Waals surface area contributed by atoms with E-state index >= 15 is 0 Å². The third-order valence-corrected chi connectivity index (χ3v) is 5.94. The quantitative estimate of drug-likeness (QED) is 0.834. The van der Waals surface area contributed by atoms with Gasteiger partial charge in [0.1, 0.15) is 0 Å². The van der Waals surface area contributed by atoms with Gasteiger partial charge in [0, 0.05) is 24.5 Å². The fraction of sp³-hybridized carbons (Fsp3) is 0.611. The smallest absolute Gasteiger partial charge is 0.315 e. The highest BCUT2D eigenvalue weighted by molar-refractivity contribution is 8.00. The van der Waals surface area contributed by atoms with Gasteiger partial charge >= 0.3 is 6.03 Å². The number of rotatable bonds is 6. The number of carbonyl (C=O) groups excluding carboxylic acids is 1. The topological polar surface area (TPSA) is 50.4 Å². The molecule has 4 nitrogen and oxygen atoms in total. The summed E-state index contributed by atoms with van der Waals surface area (Å²) in [5, 5.41) is 6.20. The van der Waals surface area contributed by atoms with Gasteiger partial charge in [-0.15, -0.1) is 0 Å². The summed E-state index contributed by atoms with van der Waals surface area (Å²) in [5.41, 5.74) is 1.14. The number of benzene rings is 1. The highest BCUT2D eigenvalue weighted by Crippen LogP contribution is 2.33. The molecule has 2 rings (SSSR count). The van der Waals surface area contributed by atoms with Crippen molar-refractivity contribution < 1.29 is 9.53 Å². The van der Waals surface area contributed by atoms with Crippen molar-refractivity contribution in [2.45, 2.75) is 37.5 Å². The Morgan fingerprint density at radius 3 is 2.48 bits per heavy atom. The van der Waals surface area contributed by atoms with E-state index in [2.05, 4.69) is 42.9 Å². The van der Waals surface area contributed by atoms with E-state index in [1.165, 1.54) is 0 Å². The third kappa shape index (κ3) is 5.15. The summed E-state index contributed by atoms with van der Waals surface area (Å²) in [5.74, 6) is 0.334. The number of thioether (sulfide) groups is 1. The Labute approximate surface area is 143 Å². The van der Waals surface area contributed by atoms with Gasteiger partial charge in [-0.05, 0) is 30.6 Å². The van der Waals surface area contributed by atoms with E-state index in [0.29, 0.717) is 12.5 Å². The van der Waals surface area contributed by atoms with Crippen molar-refractivity contribution in [3.63, 3.8) is 0 Å². The molecule has 0 unspecified atom stereocenters. The van der Waals surface area contributed by atoms with Crippen LogP contribution in [0.15, 0.2) is 30.3 Å². The Morgan fingerprint density at radius 2 is 1.91 bits per heavy atom. The summed E-state index contributed by atoms with van der Waals surface area (Å²) in [4.78, 5) is 12.4. The fourth-order valence-electron chi connectivity index (χ4n) is 2.93. The average molecular weight is 337 g/mol. The summed E-state index contributed by atoms with van der Waals surface area (Å²) >= 11 is 1.83. The Hall–Kier alpha value is -1.20. The highest BCUT2D eigenvalue weighted by atomic mass is 32.2. The zero-order valence-electron chi connectivity index (χ0n) is 14.3. The lowest BCUT2D eigenvalue weighted by molar-refractivity contribution is 0.0776. The molecule has 0 spiro atoms. The molecule has 0 aromatic heterocycles. The van der Waals surface area contributed by atoms with Crippen LogP contribution in [0.25, 0.3) is 0 Å². The van der Waals surface area contributed by atoms with Gasteiger partial charge in [0.05, 0.1) is 6.04 Å². The van der Waals surface area contributed by atoms with E-state index in [-0.39, 0.29) is 16.8 Å². The van der Waals surface area contributed by atoms with Crippen LogP contribution in [-0.2, 0) is 4.74 Å². The number of ether oxygens (including phenoxy) is 1. The maximum absolute atomic E-state index is 12.4. The van der Waals surface area contributed by atoms with Crippen LogP contribution in [0.1, 0.15) is 38.3 Å². The first-order chi connectivity index (χ1) is 11.1. The molecule has 1 aromatic carbocycles. The lowest BCUT2D eigenvalue weighted by Crippen LogP contribution is -2.48. The van der Waals surface area contributed by atoms with E-state index in [4.69, 9.17) is 4.74 Å². The molecule has 2 N–H and O–H groups in total. The molecule has 1 aliphatic heterocycles. The van der Waals surface area contributed by atoms with Crippen molar-refractivity contribution in [1.29, 1.82) is 0 Å². The number of nitrogens with one attached hydrogen (secondary N) is 2. The van der Waals surface area contributed by atoms with Gasteiger partial charge < -0.3 is 15.4 Å². The minimum Gasteiger partial charge on any atom is -0.381 e. The summed E-state index contributed by atoms with van der Waals surface area (Å²) < 4.78 is 5.55. The Balaban J connectivity index is 1.92. The molecule has 0 aliphatic carbocycles. The summed E-state index contributed by atoms with van der Waals surface area (Å²) in [6, 6.07) is 10.1. The van der Waals surface area contributed by atoms with Gasteiger partial charge in [-0.2, -0.15) is 11.8 Å². The minimum atomic E-state index is -0.0903. The number of hydrogen-bond donors (Lipinski definition) is 2. The lowest BCUT2D eigenvalue weighted by Gasteiger charge is -2.36. The Kier molecular flexibility index (Phi) is 6.78. The van der Waals surface area contributed by atoms with Crippen LogP contribution in [0.4, 0.5) is 4.79 Å². The molecule has 5 heteroatoms. The summed E-state index contributed by atoms with van der Waals surface area (Å²) in [6.45, 7) is 6.49. The van der Waals surface area contributed by atoms with Gasteiger partial charge in [0.2, 0.25) is 0 Å². The van der Waals surface area contributed by atoms with Crippen molar-refractivity contribution >= 4 is 17.8 Å². The Morgan fingerprint density at radius 1 is 1.26 bits per heavy atom. The molecule has 1 aromatic rings. The van der Waals surface area contributed by atoms with Crippen molar-refractivity contribution in [1.82, 2.24) is 10.6 Å². The standard InChI is InChI=1S/C18H28N2O2S/c1-14(2)16(15-7-5-4-6-8-15)20-17(21)19-13-18(23-3)9-11-22-12-10-18/h4-8,14,16H,9-13H2,1-3H3,(H2,19,20,21)/t16-/m1/s1. The van der Waals surface area contributed by atoms with Crippen molar-refractivity contribution in [3.8, 4) is 0 Å². The maximum atomic E-state index is 12.4. The van der Waals surface area contributed by atoms with Crippen molar-refractivity contribution in [3.05, 3.63) is 35.9 Å². The summed E-state index contributed by atoms with van der Waals surface area (Å²) in [7, 11) is 0. The molecule has 1 aliphatic rings. The molecular weight excluding hydrogens is 308 g/mol. The zero-order valence-corrected chi connectivity index (χ0v) is 15.1. The monoisotopic (exact) mass is 336 g/mol. The van der Waals surface area contributed by atoms with Crippen LogP contribution in [0.5, 0.6) is 0 Å². The fourth-order valence-corrected chi connectivity index (χ4v) is 3.72. The van der Waals surface area contributed by atoms with E-state index in [0.717, 1.165) is 31.6 Å². The molecule has 0 saturated carbocycles. The zero-order chi connectivity index (χ0) is 16.7. The second kappa shape index (κ2) is 8.60. The first-order valence-corrected chi connectivity index (χ1v) is 9.51. The van der Waals surface area contributed by atoms with Crippen LogP contribution >= 0.6 is 11.8 Å². The second-order valence-corrected chi connectivity index (χ2v) is 7.73. The van der Waals surface area contributed by atoms with E-state index in [1.807, 2.05) is 30.0 Å². The van der Waals surface area contributed by atoms with E-state index in [1.54, 1.807) is 0 Å². The van der Waals surface area contributed by atoms with Crippen LogP contribution in [-0.4, -0.2) is 36.8 Å². The molecule has 1 heterocycles. The predicted molar refractivity (Wildman–Crippen MR) is 96.9 cm³/mol. The summed E-state index contributed by atoms with van der Waals surface area (Å²) in [6.07, 6.45) is 4.09. The minimum absolute atomic E-state index is 0.0242. The Bertz CT molecular complexity index is 487. The van der Waals surface area contributed by atoms with Gasteiger partial charge in [-0.25, -0.2) is 4.79 Å². The number of hydrogen-bond acceptors (Lipinski definition) is 3. The first kappa shape index (κ1) is 18.1. The second-order valence-electron chi connectivity index (χ2n) is 6.46. The largest absolute Gasteiger partial charge is 0.381 e. The molecule has 23 heavy (non-hydrogen) atoms. The molecule has 0 bridgehead atoms. The van der Waals surface area contributed by atoms with E-state index < -0.39 is 0 Å². The van der Waals surface area contributed by atoms with Crippen LogP contribution in [0, 0.1) is 5.92 Å². The number of amides is 2. The maximum Gasteiger partial charge on any atom is 0.315 e. The molecular formula is C18H28N2O2S. The number of urea groups is 1. The number of carbonyl (C=O) groups is 1. The van der Waals surface area contributed by atoms with Crippen LogP contribution < -0.4 is 10.6 Å². The van der Waals surface area contributed by atoms with Crippen molar-refractivity contribution in [2.75, 3.05) is 26.0 Å². The van der Waals surface area contributed by atoms with Gasteiger partial charge in [0.15, 0.2) is 0 Å². The lowest BCUT2D eigenvalue weighted by atomic mass is 9.96. The molecule has 1 saturated heterocycles. The van der Waals surface area contributed by atoms with E-state index in [9.17, 15) is 4.79 Å². The van der Waals surface area contributed by atoms with Crippen LogP contribution in [0.2, 0.25) is 0 Å². The predicted octanol–water partition coefficient (Wildman–Crippen LogP) is 3.60. The van der Waals surface area contributed by atoms with Crippen LogP contribution in [0.3, 0.4) is 0 Å². The molecule has 1 fully saturated rings. The van der Waals surface area contributed by atoms with Gasteiger partial charge in [0.25, 0.3) is 0 Å². The van der Waals surface area contributed by atoms with Crippen molar-refractivity contribution in [2.24, 2.45) is 5.92 Å². The SMILES string of the molecule is CSC1(CNC(=O)N[C@@H](c2ccccc2)C(C)C)CCOCC1.